The number of hydrogen-bond acceptors (Lipinski definition) is 1. The topological polar surface area (TPSA) is 20.3 Å². The Bertz CT molecular complexity index is 381. The number of carbonyl (C=O) groups is 1. The lowest BCUT2D eigenvalue weighted by Crippen LogP contribution is -2.32. The molecule has 0 N–H and O–H groups in total. The number of halogens is 2. The van der Waals surface area contributed by atoms with Crippen molar-refractivity contribution in [3.63, 3.8) is 0 Å². The van der Waals surface area contributed by atoms with Gasteiger partial charge in [-0.05, 0) is 31.5 Å². The van der Waals surface area contributed by atoms with Crippen molar-refractivity contribution in [2.45, 2.75) is 13.8 Å². The van der Waals surface area contributed by atoms with E-state index in [0.717, 1.165) is 10.9 Å². The van der Waals surface area contributed by atoms with Gasteiger partial charge in [-0.1, -0.05) is 33.6 Å². The van der Waals surface area contributed by atoms with Crippen molar-refractivity contribution >= 4 is 33.4 Å². The minimum atomic E-state index is 0.0435. The van der Waals surface area contributed by atoms with Gasteiger partial charge in [-0.3, -0.25) is 4.79 Å². The van der Waals surface area contributed by atoms with Crippen LogP contribution in [0.25, 0.3) is 0 Å². The first kappa shape index (κ1) is 13.5. The van der Waals surface area contributed by atoms with Gasteiger partial charge in [-0.25, -0.2) is 0 Å². The van der Waals surface area contributed by atoms with Gasteiger partial charge in [-0.2, -0.15) is 0 Å². The van der Waals surface area contributed by atoms with E-state index in [1.807, 2.05) is 19.9 Å². The van der Waals surface area contributed by atoms with Gasteiger partial charge in [0.15, 0.2) is 0 Å². The van der Waals surface area contributed by atoms with Crippen LogP contribution in [-0.4, -0.2) is 29.2 Å². The molecule has 2 nitrogen and oxygen atoms in total. The Morgan fingerprint density at radius 1 is 1.50 bits per heavy atom. The monoisotopic (exact) mass is 303 g/mol. The summed E-state index contributed by atoms with van der Waals surface area (Å²) in [6, 6.07) is 5.40. The highest BCUT2D eigenvalue weighted by atomic mass is 79.9. The molecule has 0 aliphatic carbocycles. The van der Waals surface area contributed by atoms with Crippen LogP contribution in [0.3, 0.4) is 0 Å². The number of benzene rings is 1. The lowest BCUT2D eigenvalue weighted by molar-refractivity contribution is 0.0774. The summed E-state index contributed by atoms with van der Waals surface area (Å²) in [5, 5.41) is 1.38. The van der Waals surface area contributed by atoms with Gasteiger partial charge in [0.1, 0.15) is 0 Å². The Morgan fingerprint density at radius 3 is 2.75 bits per heavy atom. The van der Waals surface area contributed by atoms with E-state index in [-0.39, 0.29) is 5.91 Å². The Hall–Kier alpha value is -0.540. The zero-order chi connectivity index (χ0) is 12.1. The molecule has 1 aromatic rings. The predicted molar refractivity (Wildman–Crippen MR) is 71.6 cm³/mol. The SMILES string of the molecule is CCN(CCBr)C(=O)c1cc(Cl)ccc1C. The van der Waals surface area contributed by atoms with Gasteiger partial charge >= 0.3 is 0 Å². The van der Waals surface area contributed by atoms with Gasteiger partial charge in [0.25, 0.3) is 5.91 Å². The van der Waals surface area contributed by atoms with Crippen molar-refractivity contribution in [2.75, 3.05) is 18.4 Å². The molecule has 88 valence electrons. The minimum Gasteiger partial charge on any atom is -0.338 e. The maximum absolute atomic E-state index is 12.2. The fourth-order valence-corrected chi connectivity index (χ4v) is 2.10. The van der Waals surface area contributed by atoms with Crippen molar-refractivity contribution < 1.29 is 4.79 Å². The normalized spacial score (nSPS) is 10.2. The predicted octanol–water partition coefficient (Wildman–Crippen LogP) is 3.51. The summed E-state index contributed by atoms with van der Waals surface area (Å²) in [6.45, 7) is 5.31. The highest BCUT2D eigenvalue weighted by Crippen LogP contribution is 2.17. The average Bonchev–Trinajstić information content (AvgIpc) is 2.28. The molecule has 1 amide bonds. The molecule has 0 radical (unpaired) electrons. The van der Waals surface area contributed by atoms with Gasteiger partial charge < -0.3 is 4.90 Å². The van der Waals surface area contributed by atoms with Crippen LogP contribution in [0.4, 0.5) is 0 Å². The van der Waals surface area contributed by atoms with Crippen LogP contribution in [0, 0.1) is 6.92 Å². The fourth-order valence-electron chi connectivity index (χ4n) is 1.50. The lowest BCUT2D eigenvalue weighted by atomic mass is 10.1. The van der Waals surface area contributed by atoms with E-state index >= 15 is 0 Å². The molecular formula is C12H15BrClNO. The molecule has 0 aromatic heterocycles. The summed E-state index contributed by atoms with van der Waals surface area (Å²) in [4.78, 5) is 14.0. The Labute approximate surface area is 110 Å². The van der Waals surface area contributed by atoms with Gasteiger partial charge in [0, 0.05) is 29.0 Å². The van der Waals surface area contributed by atoms with E-state index in [4.69, 9.17) is 11.6 Å². The van der Waals surface area contributed by atoms with E-state index in [1.165, 1.54) is 0 Å². The summed E-state index contributed by atoms with van der Waals surface area (Å²) in [5.74, 6) is 0.0435. The summed E-state index contributed by atoms with van der Waals surface area (Å²) in [7, 11) is 0. The molecule has 0 saturated carbocycles. The molecule has 0 saturated heterocycles. The quantitative estimate of drug-likeness (QED) is 0.780. The maximum Gasteiger partial charge on any atom is 0.254 e. The summed E-state index contributed by atoms with van der Waals surface area (Å²) < 4.78 is 0. The summed E-state index contributed by atoms with van der Waals surface area (Å²) in [5.41, 5.74) is 1.65. The molecule has 0 heterocycles. The van der Waals surface area contributed by atoms with Crippen molar-refractivity contribution in [3.8, 4) is 0 Å². The van der Waals surface area contributed by atoms with Gasteiger partial charge in [0.05, 0.1) is 0 Å². The molecule has 0 unspecified atom stereocenters. The second kappa shape index (κ2) is 6.26. The zero-order valence-corrected chi connectivity index (χ0v) is 11.8. The number of rotatable bonds is 4. The molecule has 16 heavy (non-hydrogen) atoms. The van der Waals surface area contributed by atoms with Crippen LogP contribution in [0.1, 0.15) is 22.8 Å². The largest absolute Gasteiger partial charge is 0.338 e. The molecule has 0 bridgehead atoms. The molecule has 1 aromatic carbocycles. The van der Waals surface area contributed by atoms with Crippen LogP contribution in [0.15, 0.2) is 18.2 Å². The molecule has 0 spiro atoms. The van der Waals surface area contributed by atoms with E-state index < -0.39 is 0 Å². The van der Waals surface area contributed by atoms with Crippen LogP contribution < -0.4 is 0 Å². The average molecular weight is 305 g/mol. The third-order valence-electron chi connectivity index (χ3n) is 2.45. The molecule has 0 fully saturated rings. The van der Waals surface area contributed by atoms with Crippen LogP contribution in [0.5, 0.6) is 0 Å². The molecule has 0 aliphatic heterocycles. The first-order valence-electron chi connectivity index (χ1n) is 5.21. The number of amides is 1. The third-order valence-corrected chi connectivity index (χ3v) is 3.04. The van der Waals surface area contributed by atoms with Crippen LogP contribution in [-0.2, 0) is 0 Å². The zero-order valence-electron chi connectivity index (χ0n) is 9.46. The highest BCUT2D eigenvalue weighted by Gasteiger charge is 2.15. The summed E-state index contributed by atoms with van der Waals surface area (Å²) >= 11 is 9.25. The Morgan fingerprint density at radius 2 is 2.19 bits per heavy atom. The van der Waals surface area contributed by atoms with E-state index in [1.54, 1.807) is 17.0 Å². The lowest BCUT2D eigenvalue weighted by Gasteiger charge is -2.20. The van der Waals surface area contributed by atoms with Crippen molar-refractivity contribution in [3.05, 3.63) is 34.3 Å². The molecule has 1 rings (SSSR count). The van der Waals surface area contributed by atoms with Gasteiger partial charge in [0.2, 0.25) is 0 Å². The fraction of sp³-hybridized carbons (Fsp3) is 0.417. The molecule has 0 aliphatic rings. The smallest absolute Gasteiger partial charge is 0.254 e. The second-order valence-electron chi connectivity index (χ2n) is 3.53. The number of carbonyl (C=O) groups excluding carboxylic acids is 1. The minimum absolute atomic E-state index is 0.0435. The third kappa shape index (κ3) is 3.22. The second-order valence-corrected chi connectivity index (χ2v) is 4.76. The van der Waals surface area contributed by atoms with Crippen LogP contribution >= 0.6 is 27.5 Å². The number of nitrogens with zero attached hydrogens (tertiary/aromatic N) is 1. The first-order chi connectivity index (χ1) is 7.60. The summed E-state index contributed by atoms with van der Waals surface area (Å²) in [6.07, 6.45) is 0. The number of aryl methyl sites for hydroxylation is 1. The Balaban J connectivity index is 2.98. The van der Waals surface area contributed by atoms with Crippen molar-refractivity contribution in [2.24, 2.45) is 0 Å². The standard InChI is InChI=1S/C12H15BrClNO/c1-3-15(7-6-13)12(16)11-8-10(14)5-4-9(11)2/h4-5,8H,3,6-7H2,1-2H3. The van der Waals surface area contributed by atoms with Gasteiger partial charge in [-0.15, -0.1) is 0 Å². The number of alkyl halides is 1. The van der Waals surface area contributed by atoms with E-state index in [0.29, 0.717) is 23.7 Å². The van der Waals surface area contributed by atoms with Crippen molar-refractivity contribution in [1.29, 1.82) is 0 Å². The highest BCUT2D eigenvalue weighted by molar-refractivity contribution is 9.09. The molecule has 4 heteroatoms. The maximum atomic E-state index is 12.2. The molecular weight excluding hydrogens is 289 g/mol. The number of hydrogen-bond donors (Lipinski definition) is 0. The van der Waals surface area contributed by atoms with E-state index in [9.17, 15) is 4.79 Å². The molecule has 0 atom stereocenters. The van der Waals surface area contributed by atoms with Crippen LogP contribution in [0.2, 0.25) is 5.02 Å². The van der Waals surface area contributed by atoms with E-state index in [2.05, 4.69) is 15.9 Å². The first-order valence-corrected chi connectivity index (χ1v) is 6.71. The Kier molecular flexibility index (Phi) is 5.29. The van der Waals surface area contributed by atoms with Crippen molar-refractivity contribution in [1.82, 2.24) is 4.90 Å².